The quantitative estimate of drug-likeness (QED) is 0.891. The first-order chi connectivity index (χ1) is 12.1. The van der Waals surface area contributed by atoms with E-state index in [0.29, 0.717) is 18.3 Å². The summed E-state index contributed by atoms with van der Waals surface area (Å²) in [5, 5.41) is 10.9. The Labute approximate surface area is 146 Å². The van der Waals surface area contributed by atoms with Crippen molar-refractivity contribution in [3.05, 3.63) is 36.0 Å². The molecule has 1 amide bonds. The number of amides is 1. The highest BCUT2D eigenvalue weighted by atomic mass is 16.5. The highest BCUT2D eigenvalue weighted by Crippen LogP contribution is 2.39. The van der Waals surface area contributed by atoms with Crippen LogP contribution in [0.4, 0.5) is 11.4 Å². The van der Waals surface area contributed by atoms with E-state index in [1.807, 2.05) is 38.1 Å². The highest BCUT2D eigenvalue weighted by molar-refractivity contribution is 6.07. The molecule has 2 aliphatic heterocycles. The van der Waals surface area contributed by atoms with Crippen LogP contribution in [0.1, 0.15) is 44.3 Å². The lowest BCUT2D eigenvalue weighted by molar-refractivity contribution is -0.124. The Morgan fingerprint density at radius 2 is 2.04 bits per heavy atom. The molecule has 7 heteroatoms. The number of carbonyl (C=O) groups is 1. The molecule has 4 rings (SSSR count). The number of benzene rings is 1. The first kappa shape index (κ1) is 16.1. The van der Waals surface area contributed by atoms with Gasteiger partial charge < -0.3 is 20.1 Å². The Kier molecular flexibility index (Phi) is 3.95. The average molecular weight is 341 g/mol. The molecule has 0 unspecified atom stereocenters. The molecular weight excluding hydrogens is 318 g/mol. The van der Waals surface area contributed by atoms with Crippen molar-refractivity contribution in [2.24, 2.45) is 0 Å². The van der Waals surface area contributed by atoms with Gasteiger partial charge in [0.25, 0.3) is 5.91 Å². The first-order valence-electron chi connectivity index (χ1n) is 8.81. The normalized spacial score (nSPS) is 19.2. The summed E-state index contributed by atoms with van der Waals surface area (Å²) in [5.74, 6) is 1.40. The number of hydrogen-bond acceptors (Lipinski definition) is 6. The van der Waals surface area contributed by atoms with Crippen LogP contribution < -0.4 is 15.5 Å². The van der Waals surface area contributed by atoms with E-state index >= 15 is 0 Å². The van der Waals surface area contributed by atoms with Gasteiger partial charge in [0.2, 0.25) is 5.89 Å². The number of para-hydroxylation sites is 2. The number of aromatic nitrogens is 2. The lowest BCUT2D eigenvalue weighted by Gasteiger charge is -2.45. The number of nitrogens with one attached hydrogen (secondary N) is 2. The minimum Gasteiger partial charge on any atom is -0.369 e. The standard InChI is InChI=1S/C18H23N5O2/c1-12(2)16-20-15(22-25-16)11-23-14-6-4-3-5-13(14)21-18(17(23)24)7-9-19-10-8-18/h3-6,12,19,21H,7-11H2,1-2H3. The van der Waals surface area contributed by atoms with E-state index in [4.69, 9.17) is 4.52 Å². The number of piperidine rings is 1. The summed E-state index contributed by atoms with van der Waals surface area (Å²) in [4.78, 5) is 19.6. The minimum atomic E-state index is -0.551. The van der Waals surface area contributed by atoms with Crippen molar-refractivity contribution >= 4 is 17.3 Å². The molecular formula is C18H23N5O2. The largest absolute Gasteiger partial charge is 0.369 e. The van der Waals surface area contributed by atoms with Crippen molar-refractivity contribution in [3.63, 3.8) is 0 Å². The Balaban J connectivity index is 1.69. The maximum absolute atomic E-state index is 13.4. The second kappa shape index (κ2) is 6.15. The van der Waals surface area contributed by atoms with Crippen molar-refractivity contribution in [3.8, 4) is 0 Å². The third-order valence-electron chi connectivity index (χ3n) is 4.96. The third-order valence-corrected chi connectivity index (χ3v) is 4.96. The van der Waals surface area contributed by atoms with E-state index in [1.54, 1.807) is 4.90 Å². The van der Waals surface area contributed by atoms with Gasteiger partial charge in [0.15, 0.2) is 5.82 Å². The molecule has 2 N–H and O–H groups in total. The predicted molar refractivity (Wildman–Crippen MR) is 94.5 cm³/mol. The van der Waals surface area contributed by atoms with Gasteiger partial charge in [-0.25, -0.2) is 0 Å². The molecule has 2 aliphatic rings. The summed E-state index contributed by atoms with van der Waals surface area (Å²) in [6.45, 7) is 5.99. The topological polar surface area (TPSA) is 83.3 Å². The second-order valence-electron chi connectivity index (χ2n) is 7.07. The van der Waals surface area contributed by atoms with Crippen LogP contribution in [0.2, 0.25) is 0 Å². The zero-order valence-corrected chi connectivity index (χ0v) is 14.6. The molecule has 0 radical (unpaired) electrons. The van der Waals surface area contributed by atoms with Gasteiger partial charge in [0.05, 0.1) is 17.9 Å². The van der Waals surface area contributed by atoms with E-state index in [0.717, 1.165) is 37.3 Å². The maximum Gasteiger partial charge on any atom is 0.253 e. The molecule has 0 atom stereocenters. The lowest BCUT2D eigenvalue weighted by Crippen LogP contribution is -2.61. The molecule has 0 aliphatic carbocycles. The molecule has 0 bridgehead atoms. The molecule has 1 fully saturated rings. The summed E-state index contributed by atoms with van der Waals surface area (Å²) in [6, 6.07) is 7.91. The summed E-state index contributed by atoms with van der Waals surface area (Å²) in [7, 11) is 0. The molecule has 3 heterocycles. The van der Waals surface area contributed by atoms with Crippen LogP contribution in [0.25, 0.3) is 0 Å². The summed E-state index contributed by atoms with van der Waals surface area (Å²) < 4.78 is 5.30. The maximum atomic E-state index is 13.4. The van der Waals surface area contributed by atoms with Gasteiger partial charge in [0, 0.05) is 5.92 Å². The SMILES string of the molecule is CC(C)c1nc(CN2C(=O)C3(CCNCC3)Nc3ccccc32)no1. The number of nitrogens with zero attached hydrogens (tertiary/aromatic N) is 3. The number of hydrogen-bond donors (Lipinski definition) is 2. The Hall–Kier alpha value is -2.41. The van der Waals surface area contributed by atoms with E-state index in [9.17, 15) is 4.79 Å². The highest BCUT2D eigenvalue weighted by Gasteiger charge is 2.46. The zero-order chi connectivity index (χ0) is 17.4. The van der Waals surface area contributed by atoms with Crippen LogP contribution in [0.5, 0.6) is 0 Å². The van der Waals surface area contributed by atoms with E-state index in [1.165, 1.54) is 0 Å². The number of anilines is 2. The summed E-state index contributed by atoms with van der Waals surface area (Å²) >= 11 is 0. The average Bonchev–Trinajstić information content (AvgIpc) is 3.09. The van der Waals surface area contributed by atoms with Gasteiger partial charge in [-0.15, -0.1) is 0 Å². The van der Waals surface area contributed by atoms with Gasteiger partial charge in [-0.05, 0) is 38.1 Å². The molecule has 7 nitrogen and oxygen atoms in total. The number of rotatable bonds is 3. The molecule has 1 aromatic heterocycles. The van der Waals surface area contributed by atoms with Crippen molar-refractivity contribution in [1.82, 2.24) is 15.5 Å². The minimum absolute atomic E-state index is 0.0867. The summed E-state index contributed by atoms with van der Waals surface area (Å²) in [5.41, 5.74) is 1.30. The van der Waals surface area contributed by atoms with Crippen molar-refractivity contribution in [2.45, 2.75) is 44.7 Å². The lowest BCUT2D eigenvalue weighted by atomic mass is 9.84. The van der Waals surface area contributed by atoms with Crippen LogP contribution in [-0.4, -0.2) is 34.7 Å². The van der Waals surface area contributed by atoms with Crippen molar-refractivity contribution in [1.29, 1.82) is 0 Å². The van der Waals surface area contributed by atoms with Crippen LogP contribution >= 0.6 is 0 Å². The smallest absolute Gasteiger partial charge is 0.253 e. The van der Waals surface area contributed by atoms with Crippen LogP contribution in [0, 0.1) is 0 Å². The second-order valence-corrected chi connectivity index (χ2v) is 7.07. The van der Waals surface area contributed by atoms with Gasteiger partial charge in [-0.1, -0.05) is 31.1 Å². The molecule has 0 saturated carbocycles. The third kappa shape index (κ3) is 2.78. The fraction of sp³-hybridized carbons (Fsp3) is 0.500. The Bertz CT molecular complexity index is 779. The molecule has 2 aromatic rings. The van der Waals surface area contributed by atoms with E-state index < -0.39 is 5.54 Å². The van der Waals surface area contributed by atoms with E-state index in [2.05, 4.69) is 20.8 Å². The van der Waals surface area contributed by atoms with E-state index in [-0.39, 0.29) is 11.8 Å². The van der Waals surface area contributed by atoms with Crippen molar-refractivity contribution < 1.29 is 9.32 Å². The van der Waals surface area contributed by atoms with Gasteiger partial charge in [-0.3, -0.25) is 4.79 Å². The number of carbonyl (C=O) groups excluding carboxylic acids is 1. The predicted octanol–water partition coefficient (Wildman–Crippen LogP) is 2.27. The Morgan fingerprint density at radius 3 is 2.76 bits per heavy atom. The fourth-order valence-corrected chi connectivity index (χ4v) is 3.55. The first-order valence-corrected chi connectivity index (χ1v) is 8.81. The van der Waals surface area contributed by atoms with Crippen LogP contribution in [-0.2, 0) is 11.3 Å². The van der Waals surface area contributed by atoms with Gasteiger partial charge in [0.1, 0.15) is 5.54 Å². The molecule has 1 saturated heterocycles. The summed E-state index contributed by atoms with van der Waals surface area (Å²) in [6.07, 6.45) is 1.53. The number of fused-ring (bicyclic) bond motifs is 1. The molecule has 132 valence electrons. The molecule has 25 heavy (non-hydrogen) atoms. The van der Waals surface area contributed by atoms with Crippen LogP contribution in [0.15, 0.2) is 28.8 Å². The van der Waals surface area contributed by atoms with Crippen LogP contribution in [0.3, 0.4) is 0 Å². The van der Waals surface area contributed by atoms with Crippen molar-refractivity contribution in [2.75, 3.05) is 23.3 Å². The fourth-order valence-electron chi connectivity index (χ4n) is 3.55. The van der Waals surface area contributed by atoms with Gasteiger partial charge in [-0.2, -0.15) is 4.98 Å². The molecule has 1 aromatic carbocycles. The monoisotopic (exact) mass is 341 g/mol. The Morgan fingerprint density at radius 1 is 1.28 bits per heavy atom. The zero-order valence-electron chi connectivity index (χ0n) is 14.6. The van der Waals surface area contributed by atoms with Gasteiger partial charge >= 0.3 is 0 Å². The molecule has 1 spiro atoms.